The Morgan fingerprint density at radius 1 is 1.75 bits per heavy atom. The lowest BCUT2D eigenvalue weighted by Crippen LogP contribution is -1.73. The minimum absolute atomic E-state index is 1.13. The molecule has 0 aliphatic carbocycles. The molecule has 0 saturated heterocycles. The van der Waals surface area contributed by atoms with Crippen molar-refractivity contribution in [1.82, 2.24) is 0 Å². The topological polar surface area (TPSA) is 63.6 Å². The van der Waals surface area contributed by atoms with Gasteiger partial charge in [0.15, 0.2) is 0 Å². The molecule has 0 aromatic heterocycles. The Morgan fingerprint density at radius 2 is 2.12 bits per heavy atom. The van der Waals surface area contributed by atoms with Crippen LogP contribution in [0.25, 0.3) is 0 Å². The van der Waals surface area contributed by atoms with E-state index >= 15 is 0 Å². The molecule has 0 fully saturated rings. The zero-order valence-corrected chi connectivity index (χ0v) is 6.51. The highest BCUT2D eigenvalue weighted by atomic mass is 32.1. The van der Waals surface area contributed by atoms with E-state index in [1.165, 1.54) is 0 Å². The molecule has 1 N–H and O–H groups in total. The third-order valence-electron chi connectivity index (χ3n) is 0.696. The van der Waals surface area contributed by atoms with Gasteiger partial charge in [-0.15, -0.1) is 0 Å². The van der Waals surface area contributed by atoms with Crippen LogP contribution in [0.1, 0.15) is 0 Å². The summed E-state index contributed by atoms with van der Waals surface area (Å²) in [5, 5.41) is 0. The average molecular weight is 158 g/mol. The average Bonchev–Trinajstić information content (AvgIpc) is 1.67. The van der Waals surface area contributed by atoms with Crippen molar-refractivity contribution in [3.05, 3.63) is 0 Å². The van der Waals surface area contributed by atoms with Gasteiger partial charge in [0, 0.05) is 13.8 Å². The van der Waals surface area contributed by atoms with Crippen LogP contribution in [0.3, 0.4) is 0 Å². The van der Waals surface area contributed by atoms with Crippen molar-refractivity contribution in [3.8, 4) is 0 Å². The van der Waals surface area contributed by atoms with Gasteiger partial charge in [0.2, 0.25) is 0 Å². The molecule has 0 saturated carbocycles. The lowest BCUT2D eigenvalue weighted by atomic mass is 11.8. The monoisotopic (exact) mass is 158 g/mol. The van der Waals surface area contributed by atoms with Crippen molar-refractivity contribution in [2.24, 2.45) is 0 Å². The number of hydrogen-bond acceptors (Lipinski definition) is 3. The number of hydrogen-bond donors (Lipinski definition) is 1. The summed E-state index contributed by atoms with van der Waals surface area (Å²) in [6.45, 7) is 1.13. The van der Waals surface area contributed by atoms with Gasteiger partial charge in [-0.2, -0.15) is 0 Å². The first-order chi connectivity index (χ1) is 3.50. The van der Waals surface area contributed by atoms with Crippen molar-refractivity contribution in [1.29, 1.82) is 0 Å². The van der Waals surface area contributed by atoms with Crippen molar-refractivity contribution < 1.29 is 18.5 Å². The number of rotatable bonds is 2. The van der Waals surface area contributed by atoms with Gasteiger partial charge in [-0.25, -0.2) is 0 Å². The molecular formula is C2H8O4P2. The summed E-state index contributed by atoms with van der Waals surface area (Å²) in [6, 6.07) is 0. The Bertz CT molecular complexity index is 141. The van der Waals surface area contributed by atoms with Gasteiger partial charge in [-0.05, 0) is 0 Å². The minimum atomic E-state index is -3.14. The van der Waals surface area contributed by atoms with Crippen LogP contribution in [0.2, 0.25) is 0 Å². The Balaban J connectivity index is 4.15. The van der Waals surface area contributed by atoms with E-state index in [0.29, 0.717) is 0 Å². The van der Waals surface area contributed by atoms with E-state index in [0.717, 1.165) is 13.8 Å². The Morgan fingerprint density at radius 3 is 2.12 bits per heavy atom. The lowest BCUT2D eigenvalue weighted by Gasteiger charge is -2.02. The zero-order chi connectivity index (χ0) is 6.78. The van der Waals surface area contributed by atoms with Gasteiger partial charge >= 0.3 is 0 Å². The van der Waals surface area contributed by atoms with E-state index in [9.17, 15) is 9.13 Å². The van der Waals surface area contributed by atoms with E-state index in [-0.39, 0.29) is 0 Å². The normalized spacial score (nSPS) is 21.9. The zero-order valence-electron chi connectivity index (χ0n) is 4.62. The van der Waals surface area contributed by atoms with Gasteiger partial charge in [-0.3, -0.25) is 9.13 Å². The standard InChI is InChI=1S/C2H8O4P2/c1-6-8(2,5)7(3)4/h7H,1-2H3,(H,3,4). The summed E-state index contributed by atoms with van der Waals surface area (Å²) >= 11 is 0. The third-order valence-corrected chi connectivity index (χ3v) is 4.72. The molecule has 0 spiro atoms. The van der Waals surface area contributed by atoms with Crippen LogP contribution in [0.5, 0.6) is 0 Å². The van der Waals surface area contributed by atoms with Crippen molar-refractivity contribution in [2.45, 2.75) is 0 Å². The fourth-order valence-electron chi connectivity index (χ4n) is 0.0781. The molecule has 0 bridgehead atoms. The SMILES string of the molecule is COP(C)(=O)[PH](=O)O. The van der Waals surface area contributed by atoms with Crippen LogP contribution in [0, 0.1) is 0 Å². The summed E-state index contributed by atoms with van der Waals surface area (Å²) in [7, 11) is -4.97. The van der Waals surface area contributed by atoms with Crippen LogP contribution in [-0.4, -0.2) is 18.7 Å². The Kier molecular flexibility index (Phi) is 2.92. The second kappa shape index (κ2) is 2.79. The van der Waals surface area contributed by atoms with Crippen molar-refractivity contribution >= 4 is 14.8 Å². The smallest absolute Gasteiger partial charge is 0.278 e. The maximum Gasteiger partial charge on any atom is 0.278 e. The molecule has 0 aromatic rings. The maximum absolute atomic E-state index is 10.5. The van der Waals surface area contributed by atoms with E-state index < -0.39 is 14.8 Å². The van der Waals surface area contributed by atoms with Crippen molar-refractivity contribution in [3.63, 3.8) is 0 Å². The van der Waals surface area contributed by atoms with Crippen molar-refractivity contribution in [2.75, 3.05) is 13.8 Å². The maximum atomic E-state index is 10.5. The highest BCUT2D eigenvalue weighted by Crippen LogP contribution is 2.63. The molecule has 0 radical (unpaired) electrons. The molecular weight excluding hydrogens is 150 g/mol. The van der Waals surface area contributed by atoms with Crippen LogP contribution in [0.4, 0.5) is 0 Å². The first-order valence-electron chi connectivity index (χ1n) is 1.87. The Hall–Kier alpha value is 0.380. The molecule has 0 heterocycles. The summed E-state index contributed by atoms with van der Waals surface area (Å²) in [6.07, 6.45) is 0. The molecule has 6 heteroatoms. The second-order valence-corrected chi connectivity index (χ2v) is 7.52. The highest BCUT2D eigenvalue weighted by molar-refractivity contribution is 8.22. The molecule has 2 unspecified atom stereocenters. The first kappa shape index (κ1) is 8.38. The summed E-state index contributed by atoms with van der Waals surface area (Å²) in [5.74, 6) is 0. The molecule has 0 rings (SSSR count). The largest absolute Gasteiger partial charge is 0.340 e. The van der Waals surface area contributed by atoms with Gasteiger partial charge in [0.1, 0.15) is 0 Å². The summed E-state index contributed by atoms with van der Waals surface area (Å²) < 4.78 is 24.8. The van der Waals surface area contributed by atoms with Gasteiger partial charge < -0.3 is 9.42 Å². The minimum Gasteiger partial charge on any atom is -0.340 e. The molecule has 0 aliphatic rings. The quantitative estimate of drug-likeness (QED) is 0.607. The van der Waals surface area contributed by atoms with Crippen LogP contribution < -0.4 is 0 Å². The predicted molar refractivity (Wildman–Crippen MR) is 31.8 cm³/mol. The van der Waals surface area contributed by atoms with E-state index in [1.54, 1.807) is 0 Å². The fourth-order valence-corrected chi connectivity index (χ4v) is 0.703. The lowest BCUT2D eigenvalue weighted by molar-refractivity contribution is 0.404. The molecule has 4 nitrogen and oxygen atoms in total. The third kappa shape index (κ3) is 2.10. The second-order valence-electron chi connectivity index (χ2n) is 1.31. The molecule has 50 valence electrons. The molecule has 0 aromatic carbocycles. The van der Waals surface area contributed by atoms with Crippen LogP contribution in [-0.2, 0) is 13.7 Å². The molecule has 8 heavy (non-hydrogen) atoms. The van der Waals surface area contributed by atoms with Gasteiger partial charge in [-0.1, -0.05) is 0 Å². The molecule has 0 aliphatic heterocycles. The van der Waals surface area contributed by atoms with Crippen LogP contribution >= 0.6 is 14.8 Å². The van der Waals surface area contributed by atoms with Gasteiger partial charge in [0.05, 0.1) is 0 Å². The Labute approximate surface area is 48.1 Å². The van der Waals surface area contributed by atoms with Crippen LogP contribution in [0.15, 0.2) is 0 Å². The fraction of sp³-hybridized carbons (Fsp3) is 1.00. The summed E-state index contributed by atoms with van der Waals surface area (Å²) in [4.78, 5) is 8.24. The van der Waals surface area contributed by atoms with Gasteiger partial charge in [0.25, 0.3) is 14.8 Å². The predicted octanol–water partition coefficient (Wildman–Crippen LogP) is 0.923. The van der Waals surface area contributed by atoms with E-state index in [1.807, 2.05) is 0 Å². The van der Waals surface area contributed by atoms with E-state index in [2.05, 4.69) is 4.52 Å². The molecule has 0 amide bonds. The summed E-state index contributed by atoms with van der Waals surface area (Å²) in [5.41, 5.74) is 0. The van der Waals surface area contributed by atoms with E-state index in [4.69, 9.17) is 4.89 Å². The first-order valence-corrected chi connectivity index (χ1v) is 6.14. The highest BCUT2D eigenvalue weighted by Gasteiger charge is 2.19. The molecule has 2 atom stereocenters.